The summed E-state index contributed by atoms with van der Waals surface area (Å²) in [4.78, 5) is 23.3. The zero-order valence-electron chi connectivity index (χ0n) is 11.8. The van der Waals surface area contributed by atoms with Crippen LogP contribution in [0.1, 0.15) is 31.7 Å². The molecule has 1 amide bonds. The number of nitrogens with one attached hydrogen (secondary N) is 1. The Hall–Kier alpha value is -2.04. The standard InChI is InChI=1S/C15H19NO4/c1-3-20-14(18)13(17)16-15(9-4-10-15)11-5-7-12(19-2)8-6-11/h5-8H,3-4,9-10H2,1-2H3,(H,16,17). The Kier molecular flexibility index (Phi) is 4.27. The quantitative estimate of drug-likeness (QED) is 0.672. The van der Waals surface area contributed by atoms with E-state index in [0.29, 0.717) is 0 Å². The van der Waals surface area contributed by atoms with Crippen LogP contribution in [-0.4, -0.2) is 25.6 Å². The van der Waals surface area contributed by atoms with Gasteiger partial charge >= 0.3 is 11.9 Å². The predicted molar refractivity (Wildman–Crippen MR) is 73.3 cm³/mol. The Morgan fingerprint density at radius 1 is 1.25 bits per heavy atom. The first-order valence-corrected chi connectivity index (χ1v) is 6.75. The van der Waals surface area contributed by atoms with Crippen LogP contribution < -0.4 is 10.1 Å². The van der Waals surface area contributed by atoms with Crippen molar-refractivity contribution in [3.63, 3.8) is 0 Å². The highest BCUT2D eigenvalue weighted by Gasteiger charge is 2.41. The number of carbonyl (C=O) groups excluding carboxylic acids is 2. The molecule has 1 fully saturated rings. The molecule has 0 saturated heterocycles. The van der Waals surface area contributed by atoms with Gasteiger partial charge in [-0.1, -0.05) is 12.1 Å². The van der Waals surface area contributed by atoms with E-state index >= 15 is 0 Å². The maximum Gasteiger partial charge on any atom is 0.396 e. The number of carbonyl (C=O) groups is 2. The van der Waals surface area contributed by atoms with Gasteiger partial charge in [0, 0.05) is 0 Å². The second-order valence-electron chi connectivity index (χ2n) is 4.84. The summed E-state index contributed by atoms with van der Waals surface area (Å²) >= 11 is 0. The summed E-state index contributed by atoms with van der Waals surface area (Å²) in [6.45, 7) is 1.87. The molecular formula is C15H19NO4. The molecule has 1 aromatic carbocycles. The van der Waals surface area contributed by atoms with Gasteiger partial charge in [-0.2, -0.15) is 0 Å². The van der Waals surface area contributed by atoms with Gasteiger partial charge < -0.3 is 14.8 Å². The van der Waals surface area contributed by atoms with Crippen LogP contribution in [0.4, 0.5) is 0 Å². The van der Waals surface area contributed by atoms with Gasteiger partial charge in [-0.3, -0.25) is 4.79 Å². The van der Waals surface area contributed by atoms with Crippen LogP contribution >= 0.6 is 0 Å². The highest BCUT2D eigenvalue weighted by Crippen LogP contribution is 2.41. The van der Waals surface area contributed by atoms with E-state index in [4.69, 9.17) is 9.47 Å². The summed E-state index contributed by atoms with van der Waals surface area (Å²) in [5.41, 5.74) is 0.540. The van der Waals surface area contributed by atoms with Crippen LogP contribution in [0, 0.1) is 0 Å². The molecule has 1 aliphatic rings. The van der Waals surface area contributed by atoms with Gasteiger partial charge in [0.1, 0.15) is 5.75 Å². The molecule has 0 aliphatic heterocycles. The molecule has 0 heterocycles. The minimum Gasteiger partial charge on any atom is -0.497 e. The molecule has 108 valence electrons. The summed E-state index contributed by atoms with van der Waals surface area (Å²) < 4.78 is 9.84. The summed E-state index contributed by atoms with van der Waals surface area (Å²) in [6, 6.07) is 7.55. The molecule has 2 rings (SSSR count). The first-order chi connectivity index (χ1) is 9.61. The fraction of sp³-hybridized carbons (Fsp3) is 0.467. The lowest BCUT2D eigenvalue weighted by molar-refractivity contribution is -0.156. The number of esters is 1. The van der Waals surface area contributed by atoms with E-state index in [-0.39, 0.29) is 6.61 Å². The van der Waals surface area contributed by atoms with Gasteiger partial charge in [0.15, 0.2) is 0 Å². The molecule has 0 spiro atoms. The van der Waals surface area contributed by atoms with Gasteiger partial charge in [-0.15, -0.1) is 0 Å². The van der Waals surface area contributed by atoms with E-state index in [2.05, 4.69) is 5.32 Å². The lowest BCUT2D eigenvalue weighted by atomic mass is 9.71. The number of rotatable bonds is 4. The van der Waals surface area contributed by atoms with E-state index in [1.165, 1.54) is 0 Å². The van der Waals surface area contributed by atoms with Crippen molar-refractivity contribution >= 4 is 11.9 Å². The predicted octanol–water partition coefficient (Wildman–Crippen LogP) is 1.75. The third-order valence-electron chi connectivity index (χ3n) is 3.66. The fourth-order valence-corrected chi connectivity index (χ4v) is 2.39. The van der Waals surface area contributed by atoms with Crippen LogP contribution in [-0.2, 0) is 19.9 Å². The van der Waals surface area contributed by atoms with E-state index < -0.39 is 17.4 Å². The summed E-state index contributed by atoms with van der Waals surface area (Å²) in [5, 5.41) is 2.81. The number of hydrogen-bond acceptors (Lipinski definition) is 4. The van der Waals surface area contributed by atoms with Crippen molar-refractivity contribution in [2.45, 2.75) is 31.7 Å². The average molecular weight is 277 g/mol. The number of benzene rings is 1. The maximum atomic E-state index is 11.8. The lowest BCUT2D eigenvalue weighted by Gasteiger charge is -2.42. The minimum atomic E-state index is -0.827. The first-order valence-electron chi connectivity index (χ1n) is 6.75. The smallest absolute Gasteiger partial charge is 0.396 e. The summed E-state index contributed by atoms with van der Waals surface area (Å²) in [5.74, 6) is -0.741. The molecule has 1 aromatic rings. The lowest BCUT2D eigenvalue weighted by Crippen LogP contribution is -2.53. The monoisotopic (exact) mass is 277 g/mol. The second kappa shape index (κ2) is 5.94. The maximum absolute atomic E-state index is 11.8. The number of ether oxygens (including phenoxy) is 2. The van der Waals surface area contributed by atoms with Crippen molar-refractivity contribution in [3.8, 4) is 5.75 Å². The molecule has 1 aliphatic carbocycles. The first kappa shape index (κ1) is 14.4. The van der Waals surface area contributed by atoms with Gasteiger partial charge in [0.05, 0.1) is 19.3 Å². The molecule has 1 saturated carbocycles. The fourth-order valence-electron chi connectivity index (χ4n) is 2.39. The summed E-state index contributed by atoms with van der Waals surface area (Å²) in [7, 11) is 1.61. The number of hydrogen-bond donors (Lipinski definition) is 1. The third-order valence-corrected chi connectivity index (χ3v) is 3.66. The van der Waals surface area contributed by atoms with Gasteiger partial charge in [-0.05, 0) is 43.9 Å². The Morgan fingerprint density at radius 2 is 1.90 bits per heavy atom. The summed E-state index contributed by atoms with van der Waals surface area (Å²) in [6.07, 6.45) is 2.67. The Morgan fingerprint density at radius 3 is 2.35 bits per heavy atom. The second-order valence-corrected chi connectivity index (χ2v) is 4.84. The van der Waals surface area contributed by atoms with E-state index in [1.54, 1.807) is 14.0 Å². The van der Waals surface area contributed by atoms with E-state index in [0.717, 1.165) is 30.6 Å². The average Bonchev–Trinajstić information content (AvgIpc) is 2.43. The molecule has 5 nitrogen and oxygen atoms in total. The zero-order chi connectivity index (χ0) is 14.6. The molecule has 5 heteroatoms. The highest BCUT2D eigenvalue weighted by molar-refractivity contribution is 6.32. The molecular weight excluding hydrogens is 258 g/mol. The Bertz CT molecular complexity index is 491. The molecule has 1 N–H and O–H groups in total. The highest BCUT2D eigenvalue weighted by atomic mass is 16.5. The van der Waals surface area contributed by atoms with Crippen molar-refractivity contribution in [1.29, 1.82) is 0 Å². The molecule has 0 atom stereocenters. The molecule has 0 radical (unpaired) electrons. The van der Waals surface area contributed by atoms with Crippen molar-refractivity contribution in [1.82, 2.24) is 5.32 Å². The molecule has 20 heavy (non-hydrogen) atoms. The largest absolute Gasteiger partial charge is 0.497 e. The minimum absolute atomic E-state index is 0.196. The van der Waals surface area contributed by atoms with Crippen molar-refractivity contribution in [2.75, 3.05) is 13.7 Å². The normalized spacial score (nSPS) is 15.9. The van der Waals surface area contributed by atoms with Gasteiger partial charge in [0.2, 0.25) is 0 Å². The van der Waals surface area contributed by atoms with Crippen molar-refractivity contribution in [3.05, 3.63) is 29.8 Å². The van der Waals surface area contributed by atoms with Gasteiger partial charge in [0.25, 0.3) is 0 Å². The van der Waals surface area contributed by atoms with E-state index in [1.807, 2.05) is 24.3 Å². The van der Waals surface area contributed by atoms with Gasteiger partial charge in [-0.25, -0.2) is 4.79 Å². The Balaban J connectivity index is 2.12. The van der Waals surface area contributed by atoms with Crippen LogP contribution in [0.15, 0.2) is 24.3 Å². The molecule has 0 bridgehead atoms. The van der Waals surface area contributed by atoms with Crippen LogP contribution in [0.2, 0.25) is 0 Å². The van der Waals surface area contributed by atoms with E-state index in [9.17, 15) is 9.59 Å². The third kappa shape index (κ3) is 2.76. The van der Waals surface area contributed by atoms with Crippen LogP contribution in [0.3, 0.4) is 0 Å². The number of methoxy groups -OCH3 is 1. The van der Waals surface area contributed by atoms with Crippen LogP contribution in [0.25, 0.3) is 0 Å². The van der Waals surface area contributed by atoms with Crippen molar-refractivity contribution < 1.29 is 19.1 Å². The Labute approximate surface area is 118 Å². The molecule has 0 unspecified atom stereocenters. The van der Waals surface area contributed by atoms with Crippen LogP contribution in [0.5, 0.6) is 5.75 Å². The number of amides is 1. The topological polar surface area (TPSA) is 64.6 Å². The molecule has 0 aromatic heterocycles. The van der Waals surface area contributed by atoms with Crippen molar-refractivity contribution in [2.24, 2.45) is 0 Å². The zero-order valence-corrected chi connectivity index (χ0v) is 11.8. The SMILES string of the molecule is CCOC(=O)C(=O)NC1(c2ccc(OC)cc2)CCC1.